The first-order valence-electron chi connectivity index (χ1n) is 0. The summed E-state index contributed by atoms with van der Waals surface area (Å²) in [5.41, 5.74) is 0. The van der Waals surface area contributed by atoms with Gasteiger partial charge in [-0.3, -0.25) is 0 Å². The molecule has 5 heavy (non-hydrogen) atoms. The van der Waals surface area contributed by atoms with Crippen molar-refractivity contribution in [2.24, 2.45) is 0 Å². The summed E-state index contributed by atoms with van der Waals surface area (Å²) in [6, 6.07) is 0. The second-order valence-electron chi connectivity index (χ2n) is 0. The molecule has 0 aliphatic heterocycles. The maximum Gasteiger partial charge on any atom is 3.00 e. The average Bonchev–Trinajstić information content (AvgIpc) is 0. The van der Waals surface area contributed by atoms with Gasteiger partial charge in [0, 0.05) is 0 Å². The molecule has 5 heteroatoms. The van der Waals surface area contributed by atoms with Gasteiger partial charge in [-0.15, -0.1) is 0 Å². The Morgan fingerprint density at radius 3 is 1.00 bits per heavy atom. The van der Waals surface area contributed by atoms with Crippen molar-refractivity contribution in [3.8, 4) is 0 Å². The van der Waals surface area contributed by atoms with Crippen molar-refractivity contribution in [1.82, 2.24) is 0 Å². The summed E-state index contributed by atoms with van der Waals surface area (Å²) in [4.78, 5) is 0. The summed E-state index contributed by atoms with van der Waals surface area (Å²) >= 11 is 0. The second-order valence-corrected chi connectivity index (χ2v) is 0. The molecule has 0 unspecified atom stereocenters. The number of hydrogen-bond acceptors (Lipinski definition) is 1. The summed E-state index contributed by atoms with van der Waals surface area (Å²) in [5, 5.41) is 0. The largest absolute Gasteiger partial charge is 3.00 e. The molecule has 0 saturated heterocycles. The topological polar surface area (TPSA) is 61.5 Å². The summed E-state index contributed by atoms with van der Waals surface area (Å²) in [7, 11) is 0. The molecule has 0 saturated carbocycles. The van der Waals surface area contributed by atoms with E-state index in [1.54, 1.807) is 0 Å². The van der Waals surface area contributed by atoms with E-state index in [1.807, 2.05) is 0 Å². The predicted molar refractivity (Wildman–Crippen MR) is 11.3 cm³/mol. The maximum absolute atomic E-state index is 0. The first kappa shape index (κ1) is 87.7. The molecule has 0 spiro atoms. The Labute approximate surface area is 63.3 Å². The smallest absolute Gasteiger partial charge is 1.00 e. The van der Waals surface area contributed by atoms with Crippen LogP contribution >= 0.6 is 0 Å². The average molecular weight is 151 g/mol. The van der Waals surface area contributed by atoms with Crippen LogP contribution in [-0.2, 0) is 17.1 Å². The molecular weight excluding hydrogens is 148 g/mol. The minimum atomic E-state index is 0. The predicted octanol–water partition coefficient (Wildman–Crippen LogP) is -4.38. The van der Waals surface area contributed by atoms with Gasteiger partial charge in [0.15, 0.2) is 0 Å². The Balaban J connectivity index is 0. The Morgan fingerprint density at radius 1 is 1.00 bits per heavy atom. The minimum Gasteiger partial charge on any atom is -1.00 e. The van der Waals surface area contributed by atoms with Gasteiger partial charge in [0.2, 0.25) is 0 Å². The zero-order chi connectivity index (χ0) is 0. The van der Waals surface area contributed by atoms with Crippen LogP contribution in [0.2, 0.25) is 0 Å². The van der Waals surface area contributed by atoms with E-state index < -0.39 is 0 Å². The van der Waals surface area contributed by atoms with Gasteiger partial charge in [0.05, 0.1) is 0 Å². The normalized spacial score (nSPS) is 0. The molecule has 3 N–H and O–H groups in total. The Kier molecular flexibility index (Phi) is 871. The van der Waals surface area contributed by atoms with Crippen molar-refractivity contribution in [1.29, 1.82) is 0 Å². The van der Waals surface area contributed by atoms with E-state index in [-0.39, 0.29) is 63.5 Å². The third-order valence-corrected chi connectivity index (χ3v) is 0. The molecule has 0 aliphatic rings. The van der Waals surface area contributed by atoms with E-state index in [1.165, 1.54) is 0 Å². The van der Waals surface area contributed by atoms with Gasteiger partial charge in [-0.25, -0.2) is 0 Å². The summed E-state index contributed by atoms with van der Waals surface area (Å²) in [5.74, 6) is 0. The number of rotatable bonds is 0. The van der Waals surface area contributed by atoms with E-state index in [9.17, 15) is 0 Å². The van der Waals surface area contributed by atoms with Gasteiger partial charge < -0.3 is 23.4 Å². The standard InChI is InChI=1S/ClH.Fe.Mg.2H2O/h1H;;;2*1H2/q;+3;+2;;/p-2. The molecule has 0 aliphatic carbocycles. The SMILES string of the molecule is O.[Cl-].[Fe+3].[Mg+2].[OH-]. The van der Waals surface area contributed by atoms with Crippen LogP contribution in [0.4, 0.5) is 0 Å². The fraction of sp³-hybridized carbons (Fsp3) is 0. The van der Waals surface area contributed by atoms with Crippen molar-refractivity contribution < 1.29 is 40.4 Å². The van der Waals surface area contributed by atoms with E-state index in [2.05, 4.69) is 0 Å². The van der Waals surface area contributed by atoms with Gasteiger partial charge in [0.25, 0.3) is 0 Å². The first-order valence-corrected chi connectivity index (χ1v) is 0. The molecule has 0 aromatic carbocycles. The quantitative estimate of drug-likeness (QED) is 0.322. The molecule has 2 nitrogen and oxygen atoms in total. The second kappa shape index (κ2) is 49.7. The molecule has 0 atom stereocenters. The van der Waals surface area contributed by atoms with Crippen molar-refractivity contribution in [2.45, 2.75) is 0 Å². The summed E-state index contributed by atoms with van der Waals surface area (Å²) in [6.07, 6.45) is 0. The molecule has 0 amide bonds. The van der Waals surface area contributed by atoms with E-state index >= 15 is 0 Å². The van der Waals surface area contributed by atoms with Crippen LogP contribution in [0.5, 0.6) is 0 Å². The van der Waals surface area contributed by atoms with Crippen molar-refractivity contribution in [2.75, 3.05) is 0 Å². The van der Waals surface area contributed by atoms with Crippen molar-refractivity contribution in [3.05, 3.63) is 0 Å². The molecule has 29 valence electrons. The first-order chi connectivity index (χ1) is 0. The number of hydrogen-bond donors (Lipinski definition) is 0. The Bertz CT molecular complexity index is 9.61. The van der Waals surface area contributed by atoms with E-state index in [0.29, 0.717) is 0 Å². The fourth-order valence-electron chi connectivity index (χ4n) is 0. The third-order valence-electron chi connectivity index (χ3n) is 0. The van der Waals surface area contributed by atoms with Crippen LogP contribution in [0.25, 0.3) is 0 Å². The van der Waals surface area contributed by atoms with Crippen LogP contribution in [0.1, 0.15) is 0 Å². The summed E-state index contributed by atoms with van der Waals surface area (Å²) in [6.45, 7) is 0. The van der Waals surface area contributed by atoms with Gasteiger partial charge >= 0.3 is 40.1 Å². The number of halogens is 1. The Morgan fingerprint density at radius 2 is 1.00 bits per heavy atom. The molecule has 0 heterocycles. The van der Waals surface area contributed by atoms with Crippen LogP contribution in [0, 0.1) is 0 Å². The molecule has 0 bridgehead atoms. The van der Waals surface area contributed by atoms with Crippen LogP contribution < -0.4 is 12.4 Å². The zero-order valence-corrected chi connectivity index (χ0v) is 5.66. The monoisotopic (exact) mass is 150 g/mol. The molecule has 0 aromatic heterocycles. The molecule has 0 rings (SSSR count). The summed E-state index contributed by atoms with van der Waals surface area (Å²) < 4.78 is 0. The van der Waals surface area contributed by atoms with Crippen molar-refractivity contribution in [3.63, 3.8) is 0 Å². The molecule has 1 radical (unpaired) electrons. The zero-order valence-electron chi connectivity index (χ0n) is 2.39. The van der Waals surface area contributed by atoms with E-state index in [0.717, 1.165) is 0 Å². The van der Waals surface area contributed by atoms with Gasteiger partial charge in [-0.05, 0) is 0 Å². The van der Waals surface area contributed by atoms with Crippen molar-refractivity contribution >= 4 is 23.1 Å². The minimum absolute atomic E-state index is 0. The van der Waals surface area contributed by atoms with Crippen LogP contribution in [-0.4, -0.2) is 34.0 Å². The molecule has 0 aromatic rings. The van der Waals surface area contributed by atoms with Crippen LogP contribution in [0.3, 0.4) is 0 Å². The molecular formula is H3ClFeMgO2+3. The Hall–Kier alpha value is 1.50. The van der Waals surface area contributed by atoms with Gasteiger partial charge in [-0.2, -0.15) is 0 Å². The fourth-order valence-corrected chi connectivity index (χ4v) is 0. The van der Waals surface area contributed by atoms with E-state index in [4.69, 9.17) is 0 Å². The molecule has 0 fully saturated rings. The third kappa shape index (κ3) is 30.0. The van der Waals surface area contributed by atoms with Crippen LogP contribution in [0.15, 0.2) is 0 Å². The maximum atomic E-state index is 0. The van der Waals surface area contributed by atoms with Gasteiger partial charge in [0.1, 0.15) is 0 Å². The van der Waals surface area contributed by atoms with Gasteiger partial charge in [-0.1, -0.05) is 0 Å².